The van der Waals surface area contributed by atoms with Crippen molar-refractivity contribution >= 4 is 11.7 Å². The third-order valence-electron chi connectivity index (χ3n) is 3.18. The van der Waals surface area contributed by atoms with E-state index in [1.165, 1.54) is 0 Å². The Morgan fingerprint density at radius 1 is 1.33 bits per heavy atom. The Kier molecular flexibility index (Phi) is 3.36. The van der Waals surface area contributed by atoms with E-state index in [0.717, 1.165) is 11.1 Å². The van der Waals surface area contributed by atoms with Gasteiger partial charge in [0.25, 0.3) is 0 Å². The minimum Gasteiger partial charge on any atom is -0.352 e. The zero-order valence-corrected chi connectivity index (χ0v) is 11.0. The molecule has 0 bridgehead atoms. The number of carbonyl (C=O) groups excluding carboxylic acids is 1. The second-order valence-corrected chi connectivity index (χ2v) is 4.97. The van der Waals surface area contributed by atoms with E-state index in [-0.39, 0.29) is 18.0 Å². The van der Waals surface area contributed by atoms with E-state index in [4.69, 9.17) is 5.41 Å². The summed E-state index contributed by atoms with van der Waals surface area (Å²) in [6.45, 7) is 6.36. The fraction of sp³-hybridized carbons (Fsp3) is 0.429. The van der Waals surface area contributed by atoms with Crippen LogP contribution in [0.5, 0.6) is 0 Å². The molecular weight excluding hydrogens is 226 g/mol. The predicted octanol–water partition coefficient (Wildman–Crippen LogP) is 1.74. The summed E-state index contributed by atoms with van der Waals surface area (Å²) in [5.74, 6) is 0.416. The second kappa shape index (κ2) is 4.80. The van der Waals surface area contributed by atoms with Gasteiger partial charge in [-0.15, -0.1) is 0 Å². The Balaban J connectivity index is 2.14. The highest BCUT2D eigenvalue weighted by atomic mass is 16.2. The molecule has 4 nitrogen and oxygen atoms in total. The number of rotatable bonds is 3. The highest BCUT2D eigenvalue weighted by molar-refractivity contribution is 6.02. The van der Waals surface area contributed by atoms with Crippen LogP contribution in [0.25, 0.3) is 0 Å². The van der Waals surface area contributed by atoms with Gasteiger partial charge in [0.15, 0.2) is 0 Å². The lowest BCUT2D eigenvalue weighted by molar-refractivity contribution is -0.125. The molecular formula is C14H19N3O. The molecule has 1 aliphatic heterocycles. The van der Waals surface area contributed by atoms with Crippen LogP contribution in [0.1, 0.15) is 31.9 Å². The summed E-state index contributed by atoms with van der Waals surface area (Å²) in [4.78, 5) is 13.8. The Morgan fingerprint density at radius 2 is 2.00 bits per heavy atom. The summed E-state index contributed by atoms with van der Waals surface area (Å²) in [6, 6.07) is 7.65. The van der Waals surface area contributed by atoms with Crippen LogP contribution in [0.2, 0.25) is 0 Å². The van der Waals surface area contributed by atoms with E-state index in [1.807, 2.05) is 49.9 Å². The van der Waals surface area contributed by atoms with Crippen molar-refractivity contribution in [1.29, 1.82) is 5.41 Å². The largest absolute Gasteiger partial charge is 0.352 e. The Morgan fingerprint density at radius 3 is 2.61 bits per heavy atom. The van der Waals surface area contributed by atoms with Crippen molar-refractivity contribution in [3.8, 4) is 0 Å². The minimum atomic E-state index is -0.313. The Hall–Kier alpha value is -1.84. The summed E-state index contributed by atoms with van der Waals surface area (Å²) in [7, 11) is 0. The number of fused-ring (bicyclic) bond motifs is 1. The van der Waals surface area contributed by atoms with Crippen LogP contribution in [-0.4, -0.2) is 28.7 Å². The summed E-state index contributed by atoms with van der Waals surface area (Å²) in [6.07, 6.45) is 0. The van der Waals surface area contributed by atoms with E-state index in [9.17, 15) is 4.79 Å². The molecule has 0 spiro atoms. The number of benzene rings is 1. The molecule has 2 rings (SSSR count). The van der Waals surface area contributed by atoms with Gasteiger partial charge in [-0.25, -0.2) is 0 Å². The smallest absolute Gasteiger partial charge is 0.242 e. The number of amidine groups is 1. The Labute approximate surface area is 108 Å². The summed E-state index contributed by atoms with van der Waals surface area (Å²) >= 11 is 0. The Bertz CT molecular complexity index is 482. The number of nitrogens with zero attached hydrogens (tertiary/aromatic N) is 1. The van der Waals surface area contributed by atoms with Crippen molar-refractivity contribution in [2.75, 3.05) is 0 Å². The lowest BCUT2D eigenvalue weighted by atomic mass is 10.1. The first-order chi connectivity index (χ1) is 8.50. The van der Waals surface area contributed by atoms with Gasteiger partial charge in [0.1, 0.15) is 11.9 Å². The van der Waals surface area contributed by atoms with Crippen molar-refractivity contribution in [2.45, 2.75) is 39.4 Å². The fourth-order valence-electron chi connectivity index (χ4n) is 2.18. The van der Waals surface area contributed by atoms with E-state index >= 15 is 0 Å². The molecule has 0 aromatic heterocycles. The molecule has 1 heterocycles. The van der Waals surface area contributed by atoms with Crippen LogP contribution in [-0.2, 0) is 11.3 Å². The van der Waals surface area contributed by atoms with E-state index in [2.05, 4.69) is 5.32 Å². The van der Waals surface area contributed by atoms with Gasteiger partial charge in [-0.3, -0.25) is 10.2 Å². The zero-order valence-electron chi connectivity index (χ0n) is 11.0. The maximum atomic E-state index is 12.0. The zero-order chi connectivity index (χ0) is 13.3. The molecule has 4 heteroatoms. The van der Waals surface area contributed by atoms with E-state index < -0.39 is 0 Å². The molecule has 1 aromatic rings. The van der Waals surface area contributed by atoms with Crippen LogP contribution in [0.3, 0.4) is 0 Å². The van der Waals surface area contributed by atoms with Crippen molar-refractivity contribution in [1.82, 2.24) is 10.2 Å². The SMILES string of the molecule is CC(C)NC(=O)C(C)N1Cc2ccccc2C1=N. The van der Waals surface area contributed by atoms with Crippen LogP contribution in [0.15, 0.2) is 24.3 Å². The third kappa shape index (κ3) is 2.23. The summed E-state index contributed by atoms with van der Waals surface area (Å²) in [5, 5.41) is 11.0. The first kappa shape index (κ1) is 12.6. The standard InChI is InChI=1S/C14H19N3O/c1-9(2)16-14(18)10(3)17-8-11-6-4-5-7-12(11)13(17)15/h4-7,9-10,15H,8H2,1-3H3,(H,16,18). The monoisotopic (exact) mass is 245 g/mol. The number of hydrogen-bond acceptors (Lipinski definition) is 2. The van der Waals surface area contributed by atoms with Gasteiger partial charge in [0.05, 0.1) is 0 Å². The average Bonchev–Trinajstić information content (AvgIpc) is 2.66. The molecule has 1 unspecified atom stereocenters. The predicted molar refractivity (Wildman–Crippen MR) is 71.6 cm³/mol. The number of amides is 1. The van der Waals surface area contributed by atoms with Crippen LogP contribution in [0, 0.1) is 5.41 Å². The third-order valence-corrected chi connectivity index (χ3v) is 3.18. The summed E-state index contributed by atoms with van der Waals surface area (Å²) in [5.41, 5.74) is 2.05. The second-order valence-electron chi connectivity index (χ2n) is 4.97. The number of nitrogens with one attached hydrogen (secondary N) is 2. The van der Waals surface area contributed by atoms with Gasteiger partial charge < -0.3 is 10.2 Å². The molecule has 1 amide bonds. The molecule has 1 aliphatic rings. The minimum absolute atomic E-state index is 0.0254. The van der Waals surface area contributed by atoms with Gasteiger partial charge in [-0.05, 0) is 26.3 Å². The molecule has 18 heavy (non-hydrogen) atoms. The van der Waals surface area contributed by atoms with Gasteiger partial charge >= 0.3 is 0 Å². The number of carbonyl (C=O) groups is 1. The molecule has 96 valence electrons. The summed E-state index contributed by atoms with van der Waals surface area (Å²) < 4.78 is 0. The lowest BCUT2D eigenvalue weighted by Gasteiger charge is -2.26. The quantitative estimate of drug-likeness (QED) is 0.852. The molecule has 1 atom stereocenters. The lowest BCUT2D eigenvalue weighted by Crippen LogP contribution is -2.47. The highest BCUT2D eigenvalue weighted by Crippen LogP contribution is 2.24. The molecule has 2 N–H and O–H groups in total. The topological polar surface area (TPSA) is 56.2 Å². The van der Waals surface area contributed by atoms with Crippen molar-refractivity contribution in [3.05, 3.63) is 35.4 Å². The number of hydrogen-bond donors (Lipinski definition) is 2. The normalized spacial score (nSPS) is 15.8. The molecule has 0 aliphatic carbocycles. The van der Waals surface area contributed by atoms with Gasteiger partial charge in [0.2, 0.25) is 5.91 Å². The molecule has 0 saturated carbocycles. The maximum absolute atomic E-state index is 12.0. The van der Waals surface area contributed by atoms with Crippen molar-refractivity contribution < 1.29 is 4.79 Å². The van der Waals surface area contributed by atoms with Crippen molar-refractivity contribution in [2.24, 2.45) is 0 Å². The average molecular weight is 245 g/mol. The van der Waals surface area contributed by atoms with E-state index in [1.54, 1.807) is 0 Å². The van der Waals surface area contributed by atoms with Crippen LogP contribution < -0.4 is 5.32 Å². The first-order valence-electron chi connectivity index (χ1n) is 6.24. The van der Waals surface area contributed by atoms with Gasteiger partial charge in [-0.2, -0.15) is 0 Å². The van der Waals surface area contributed by atoms with E-state index in [0.29, 0.717) is 12.4 Å². The van der Waals surface area contributed by atoms with Gasteiger partial charge in [0, 0.05) is 18.2 Å². The van der Waals surface area contributed by atoms with Gasteiger partial charge in [-0.1, -0.05) is 24.3 Å². The molecule has 1 aromatic carbocycles. The van der Waals surface area contributed by atoms with Crippen molar-refractivity contribution in [3.63, 3.8) is 0 Å². The molecule has 0 saturated heterocycles. The van der Waals surface area contributed by atoms with Crippen LogP contribution >= 0.6 is 0 Å². The molecule has 0 fully saturated rings. The van der Waals surface area contributed by atoms with Crippen LogP contribution in [0.4, 0.5) is 0 Å². The first-order valence-corrected chi connectivity index (χ1v) is 6.24. The fourth-order valence-corrected chi connectivity index (χ4v) is 2.18. The molecule has 0 radical (unpaired) electrons. The highest BCUT2D eigenvalue weighted by Gasteiger charge is 2.30. The maximum Gasteiger partial charge on any atom is 0.242 e.